The van der Waals surface area contributed by atoms with Crippen LogP contribution in [0.25, 0.3) is 0 Å². The quantitative estimate of drug-likeness (QED) is 0.362. The summed E-state index contributed by atoms with van der Waals surface area (Å²) >= 11 is 0. The maximum absolute atomic E-state index is 13.6. The van der Waals surface area contributed by atoms with E-state index in [2.05, 4.69) is 21.9 Å². The molecule has 3 N–H and O–H groups in total. The molecule has 50 heavy (non-hydrogen) atoms. The van der Waals surface area contributed by atoms with Gasteiger partial charge in [-0.05, 0) is 59.8 Å². The third-order valence-electron chi connectivity index (χ3n) is 11.9. The molecular formula is C39H53N7O4. The van der Waals surface area contributed by atoms with Crippen LogP contribution in [-0.2, 0) is 40.6 Å². The summed E-state index contributed by atoms with van der Waals surface area (Å²) < 4.78 is 0. The first-order valence-corrected chi connectivity index (χ1v) is 18.7. The standard InChI is InChI=1S/C39H53N7O4/c1-23(2)32(15-31(48)22-47)38(49)45-9-5-7-35(45)33-13-29(16-41-33)43-18-25-11-27-20-44(21-28(27)12-26(25)19-43)30-14-34(42-17-30)36-8-6-10-46(36)39(50)37(40)24(3)4/h11-12,16-17,23-24,32,35-37,47H,5-10,13-15,18-22,40H2,1-4H3/t32?,35?,36?,37-/m0/s1. The molecule has 6 aliphatic heterocycles. The van der Waals surface area contributed by atoms with Gasteiger partial charge in [0.25, 0.3) is 0 Å². The van der Waals surface area contributed by atoms with E-state index >= 15 is 0 Å². The summed E-state index contributed by atoms with van der Waals surface area (Å²) in [6.07, 6.45) is 9.37. The molecule has 2 amide bonds. The number of hydrogen-bond donors (Lipinski definition) is 2. The number of nitrogens with zero attached hydrogens (tertiary/aromatic N) is 6. The van der Waals surface area contributed by atoms with Crippen molar-refractivity contribution in [3.8, 4) is 0 Å². The summed E-state index contributed by atoms with van der Waals surface area (Å²) in [5.74, 6) is -0.514. The lowest BCUT2D eigenvalue weighted by Gasteiger charge is -2.31. The number of aliphatic hydroxyl groups excluding tert-OH is 1. The number of allylic oxidation sites excluding steroid dienone is 2. The van der Waals surface area contributed by atoms with Crippen molar-refractivity contribution in [3.05, 3.63) is 58.2 Å². The molecule has 7 rings (SSSR count). The Morgan fingerprint density at radius 3 is 1.64 bits per heavy atom. The molecule has 0 saturated carbocycles. The van der Waals surface area contributed by atoms with Gasteiger partial charge >= 0.3 is 0 Å². The fourth-order valence-electron chi connectivity index (χ4n) is 8.75. The van der Waals surface area contributed by atoms with Crippen molar-refractivity contribution in [2.24, 2.45) is 33.5 Å². The number of hydrogen-bond acceptors (Lipinski definition) is 9. The zero-order chi connectivity index (χ0) is 35.3. The van der Waals surface area contributed by atoms with Gasteiger partial charge in [0.2, 0.25) is 11.8 Å². The van der Waals surface area contributed by atoms with Gasteiger partial charge in [-0.2, -0.15) is 0 Å². The zero-order valence-corrected chi connectivity index (χ0v) is 30.1. The van der Waals surface area contributed by atoms with Gasteiger partial charge in [0.1, 0.15) is 6.61 Å². The minimum absolute atomic E-state index is 0.00993. The lowest BCUT2D eigenvalue weighted by atomic mass is 9.89. The van der Waals surface area contributed by atoms with Crippen LogP contribution < -0.4 is 5.73 Å². The van der Waals surface area contributed by atoms with Crippen LogP contribution in [0.5, 0.6) is 0 Å². The number of ketones is 1. The molecule has 0 aromatic heterocycles. The monoisotopic (exact) mass is 683 g/mol. The molecule has 11 nitrogen and oxygen atoms in total. The van der Waals surface area contributed by atoms with Gasteiger partial charge in [0.15, 0.2) is 5.78 Å². The summed E-state index contributed by atoms with van der Waals surface area (Å²) in [5, 5.41) is 9.30. The van der Waals surface area contributed by atoms with Gasteiger partial charge in [-0.3, -0.25) is 24.4 Å². The Morgan fingerprint density at radius 2 is 1.22 bits per heavy atom. The highest BCUT2D eigenvalue weighted by Crippen LogP contribution is 2.38. The fourth-order valence-corrected chi connectivity index (χ4v) is 8.75. The molecule has 6 heterocycles. The average molecular weight is 684 g/mol. The molecular weight excluding hydrogens is 630 g/mol. The largest absolute Gasteiger partial charge is 0.389 e. The second-order valence-electron chi connectivity index (χ2n) is 15.8. The number of likely N-dealkylation sites (tertiary alicyclic amines) is 2. The van der Waals surface area contributed by atoms with E-state index in [1.54, 1.807) is 0 Å². The van der Waals surface area contributed by atoms with E-state index in [1.165, 1.54) is 33.6 Å². The number of Topliss-reactive ketones (excluding diaryl/α,β-unsaturated/α-hetero) is 1. The van der Waals surface area contributed by atoms with Gasteiger partial charge in [-0.1, -0.05) is 39.8 Å². The van der Waals surface area contributed by atoms with E-state index in [0.29, 0.717) is 6.54 Å². The molecule has 4 atom stereocenters. The number of amides is 2. The Bertz CT molecular complexity index is 1640. The second kappa shape index (κ2) is 14.1. The summed E-state index contributed by atoms with van der Waals surface area (Å²) in [7, 11) is 0. The summed E-state index contributed by atoms with van der Waals surface area (Å²) in [5.41, 5.74) is 16.3. The van der Waals surface area contributed by atoms with E-state index < -0.39 is 18.6 Å². The van der Waals surface area contributed by atoms with Crippen molar-refractivity contribution in [1.29, 1.82) is 0 Å². The molecule has 11 heteroatoms. The van der Waals surface area contributed by atoms with Gasteiger partial charge in [-0.15, -0.1) is 0 Å². The third kappa shape index (κ3) is 6.54. The van der Waals surface area contributed by atoms with E-state index in [0.717, 1.165) is 82.7 Å². The number of aliphatic hydroxyl groups is 1. The Kier molecular flexibility index (Phi) is 9.73. The van der Waals surface area contributed by atoms with Crippen molar-refractivity contribution in [3.63, 3.8) is 0 Å². The number of carbonyl (C=O) groups is 3. The van der Waals surface area contributed by atoms with Crippen LogP contribution in [0.3, 0.4) is 0 Å². The van der Waals surface area contributed by atoms with Gasteiger partial charge in [-0.25, -0.2) is 0 Å². The van der Waals surface area contributed by atoms with E-state index in [1.807, 2.05) is 49.9 Å². The molecule has 0 aliphatic carbocycles. The number of benzene rings is 1. The Morgan fingerprint density at radius 1 is 0.760 bits per heavy atom. The number of carbonyl (C=O) groups excluding carboxylic acids is 3. The van der Waals surface area contributed by atoms with Crippen LogP contribution in [-0.4, -0.2) is 91.5 Å². The van der Waals surface area contributed by atoms with Crippen molar-refractivity contribution in [1.82, 2.24) is 19.6 Å². The Balaban J connectivity index is 0.932. The summed E-state index contributed by atoms with van der Waals surface area (Å²) in [6.45, 7) is 12.3. The molecule has 1 aromatic rings. The second-order valence-corrected chi connectivity index (χ2v) is 15.8. The Hall–Kier alpha value is -3.83. The van der Waals surface area contributed by atoms with Gasteiger partial charge < -0.3 is 30.4 Å². The minimum Gasteiger partial charge on any atom is -0.389 e. The molecule has 1 aromatic carbocycles. The van der Waals surface area contributed by atoms with Crippen molar-refractivity contribution < 1.29 is 19.5 Å². The maximum atomic E-state index is 13.6. The van der Waals surface area contributed by atoms with Crippen LogP contribution >= 0.6 is 0 Å². The number of aliphatic imine (C=N–C) groups is 2. The van der Waals surface area contributed by atoms with Crippen LogP contribution in [0.4, 0.5) is 0 Å². The van der Waals surface area contributed by atoms with Crippen LogP contribution in [0.2, 0.25) is 0 Å². The van der Waals surface area contributed by atoms with Crippen molar-refractivity contribution in [2.75, 3.05) is 19.7 Å². The van der Waals surface area contributed by atoms with E-state index in [9.17, 15) is 19.5 Å². The predicted molar refractivity (Wildman–Crippen MR) is 193 cm³/mol. The molecule has 6 aliphatic rings. The summed E-state index contributed by atoms with van der Waals surface area (Å²) in [4.78, 5) is 57.3. The fraction of sp³-hybridized carbons (Fsp3) is 0.615. The maximum Gasteiger partial charge on any atom is 0.240 e. The van der Waals surface area contributed by atoms with E-state index in [4.69, 9.17) is 15.7 Å². The lowest BCUT2D eigenvalue weighted by Crippen LogP contribution is -2.50. The SMILES string of the molecule is CC(C)C(CC(=O)CO)C(=O)N1CCCC1C1=NC=C(N2Cc3cc4c(cc3C2)CN(C2=CN=C(C3CCCN3C(=O)[C@@H](N)C(C)C)C2)C4)C1. The number of nitrogens with two attached hydrogens (primary N) is 1. The number of fused-ring (bicyclic) bond motifs is 2. The minimum atomic E-state index is -0.522. The zero-order valence-electron chi connectivity index (χ0n) is 30.1. The number of rotatable bonds is 11. The molecule has 0 spiro atoms. The average Bonchev–Trinajstić information content (AvgIpc) is 3.94. The molecule has 0 radical (unpaired) electrons. The summed E-state index contributed by atoms with van der Waals surface area (Å²) in [6, 6.07) is 4.32. The van der Waals surface area contributed by atoms with Gasteiger partial charge in [0, 0.05) is 99.7 Å². The van der Waals surface area contributed by atoms with Crippen LogP contribution in [0.1, 0.15) is 94.9 Å². The van der Waals surface area contributed by atoms with Crippen LogP contribution in [0, 0.1) is 17.8 Å². The first kappa shape index (κ1) is 34.6. The topological polar surface area (TPSA) is 135 Å². The highest BCUT2D eigenvalue weighted by molar-refractivity contribution is 5.98. The smallest absolute Gasteiger partial charge is 0.240 e. The lowest BCUT2D eigenvalue weighted by molar-refractivity contribution is -0.140. The van der Waals surface area contributed by atoms with Crippen LogP contribution in [0.15, 0.2) is 45.9 Å². The highest BCUT2D eigenvalue weighted by Gasteiger charge is 2.40. The Labute approximate surface area is 296 Å². The molecule has 0 bridgehead atoms. The molecule has 268 valence electrons. The third-order valence-corrected chi connectivity index (χ3v) is 11.9. The normalized spacial score (nSPS) is 24.2. The predicted octanol–water partition coefficient (Wildman–Crippen LogP) is 3.88. The van der Waals surface area contributed by atoms with Crippen molar-refractivity contribution in [2.45, 2.75) is 117 Å². The first-order chi connectivity index (χ1) is 24.0. The van der Waals surface area contributed by atoms with Gasteiger partial charge in [0.05, 0.1) is 18.1 Å². The van der Waals surface area contributed by atoms with Crippen molar-refractivity contribution >= 4 is 29.0 Å². The molecule has 3 unspecified atom stereocenters. The highest BCUT2D eigenvalue weighted by atomic mass is 16.3. The van der Waals surface area contributed by atoms with E-state index in [-0.39, 0.29) is 47.9 Å². The molecule has 2 saturated heterocycles. The first-order valence-electron chi connectivity index (χ1n) is 18.7. The molecule has 2 fully saturated rings.